The number of amides is 1. The standard InChI is InChI=1S/C20H30N4O2/c1-13(2)20(6,12-21)23-18(25)15-9-7-8-14(10-15)17-22-16(26-24-17)11-19(3,4)5/h7-10,13H,11-12,21H2,1-6H3,(H,23,25). The lowest BCUT2D eigenvalue weighted by Crippen LogP contribution is -2.55. The van der Waals surface area contributed by atoms with E-state index in [1.807, 2.05) is 32.9 Å². The summed E-state index contributed by atoms with van der Waals surface area (Å²) in [6, 6.07) is 7.23. The maximum absolute atomic E-state index is 12.7. The minimum atomic E-state index is -0.459. The summed E-state index contributed by atoms with van der Waals surface area (Å²) in [7, 11) is 0. The van der Waals surface area contributed by atoms with Crippen LogP contribution in [0.5, 0.6) is 0 Å². The van der Waals surface area contributed by atoms with Crippen LogP contribution < -0.4 is 11.1 Å². The molecule has 0 spiro atoms. The maximum Gasteiger partial charge on any atom is 0.251 e. The molecule has 1 amide bonds. The average molecular weight is 358 g/mol. The Labute approximate surface area is 155 Å². The molecular weight excluding hydrogens is 328 g/mol. The van der Waals surface area contributed by atoms with Crippen molar-refractivity contribution < 1.29 is 9.32 Å². The molecule has 0 saturated heterocycles. The van der Waals surface area contributed by atoms with Gasteiger partial charge in [0.1, 0.15) is 0 Å². The van der Waals surface area contributed by atoms with Crippen LogP contribution >= 0.6 is 0 Å². The van der Waals surface area contributed by atoms with Crippen LogP contribution in [0.4, 0.5) is 0 Å². The predicted octanol–water partition coefficient (Wildman–Crippen LogP) is 3.43. The van der Waals surface area contributed by atoms with Crippen LogP contribution in [0.1, 0.15) is 57.8 Å². The minimum Gasteiger partial charge on any atom is -0.345 e. The van der Waals surface area contributed by atoms with E-state index >= 15 is 0 Å². The smallest absolute Gasteiger partial charge is 0.251 e. The fourth-order valence-electron chi connectivity index (χ4n) is 2.46. The quantitative estimate of drug-likeness (QED) is 0.825. The molecule has 1 heterocycles. The number of rotatable bonds is 6. The van der Waals surface area contributed by atoms with Gasteiger partial charge in [0.2, 0.25) is 11.7 Å². The summed E-state index contributed by atoms with van der Waals surface area (Å²) in [5.41, 5.74) is 6.76. The van der Waals surface area contributed by atoms with E-state index in [0.29, 0.717) is 30.2 Å². The van der Waals surface area contributed by atoms with Crippen LogP contribution in [-0.2, 0) is 6.42 Å². The Kier molecular flexibility index (Phi) is 5.86. The normalized spacial score (nSPS) is 14.3. The molecule has 2 rings (SSSR count). The summed E-state index contributed by atoms with van der Waals surface area (Å²) in [6.45, 7) is 12.8. The monoisotopic (exact) mass is 358 g/mol. The van der Waals surface area contributed by atoms with Gasteiger partial charge in [-0.15, -0.1) is 0 Å². The van der Waals surface area contributed by atoms with Crippen molar-refractivity contribution in [1.82, 2.24) is 15.5 Å². The number of hydrogen-bond acceptors (Lipinski definition) is 5. The number of hydrogen-bond donors (Lipinski definition) is 2. The van der Waals surface area contributed by atoms with Crippen molar-refractivity contribution in [3.63, 3.8) is 0 Å². The molecule has 2 aromatic rings. The van der Waals surface area contributed by atoms with Gasteiger partial charge in [0.15, 0.2) is 0 Å². The number of nitrogens with two attached hydrogens (primary N) is 1. The van der Waals surface area contributed by atoms with Crippen LogP contribution in [0.15, 0.2) is 28.8 Å². The second-order valence-electron chi connectivity index (χ2n) is 8.56. The van der Waals surface area contributed by atoms with Gasteiger partial charge < -0.3 is 15.6 Å². The zero-order valence-electron chi connectivity index (χ0n) is 16.6. The lowest BCUT2D eigenvalue weighted by molar-refractivity contribution is 0.0883. The Balaban J connectivity index is 2.21. The maximum atomic E-state index is 12.7. The summed E-state index contributed by atoms with van der Waals surface area (Å²) in [6.07, 6.45) is 0.698. The van der Waals surface area contributed by atoms with E-state index in [1.54, 1.807) is 12.1 Å². The van der Waals surface area contributed by atoms with Gasteiger partial charge in [-0.1, -0.05) is 51.9 Å². The van der Waals surface area contributed by atoms with Crippen molar-refractivity contribution in [1.29, 1.82) is 0 Å². The molecule has 0 bridgehead atoms. The Morgan fingerprint density at radius 1 is 1.27 bits per heavy atom. The van der Waals surface area contributed by atoms with Crippen LogP contribution in [0.3, 0.4) is 0 Å². The molecular formula is C20H30N4O2. The van der Waals surface area contributed by atoms with Gasteiger partial charge in [-0.3, -0.25) is 4.79 Å². The molecule has 0 saturated carbocycles. The van der Waals surface area contributed by atoms with E-state index in [2.05, 4.69) is 36.2 Å². The Morgan fingerprint density at radius 3 is 2.54 bits per heavy atom. The second-order valence-corrected chi connectivity index (χ2v) is 8.56. The molecule has 6 heteroatoms. The lowest BCUT2D eigenvalue weighted by atomic mass is 9.88. The molecule has 0 aliphatic heterocycles. The van der Waals surface area contributed by atoms with Crippen LogP contribution in [0, 0.1) is 11.3 Å². The fourth-order valence-corrected chi connectivity index (χ4v) is 2.46. The number of carbonyl (C=O) groups excluding carboxylic acids is 1. The minimum absolute atomic E-state index is 0.0645. The van der Waals surface area contributed by atoms with Crippen LogP contribution in [0.25, 0.3) is 11.4 Å². The second kappa shape index (κ2) is 7.58. The molecule has 1 aromatic carbocycles. The lowest BCUT2D eigenvalue weighted by Gasteiger charge is -2.33. The highest BCUT2D eigenvalue weighted by Gasteiger charge is 2.29. The topological polar surface area (TPSA) is 94.0 Å². The molecule has 0 fully saturated rings. The van der Waals surface area contributed by atoms with Crippen molar-refractivity contribution in [2.75, 3.05) is 6.54 Å². The third-order valence-corrected chi connectivity index (χ3v) is 4.63. The van der Waals surface area contributed by atoms with Crippen molar-refractivity contribution in [3.05, 3.63) is 35.7 Å². The van der Waals surface area contributed by atoms with E-state index in [0.717, 1.165) is 5.56 Å². The third-order valence-electron chi connectivity index (χ3n) is 4.63. The van der Waals surface area contributed by atoms with Gasteiger partial charge in [0.25, 0.3) is 5.91 Å². The zero-order chi connectivity index (χ0) is 19.5. The van der Waals surface area contributed by atoms with Crippen molar-refractivity contribution >= 4 is 5.91 Å². The van der Waals surface area contributed by atoms with E-state index in [1.165, 1.54) is 0 Å². The molecule has 6 nitrogen and oxygen atoms in total. The predicted molar refractivity (Wildman–Crippen MR) is 103 cm³/mol. The molecule has 26 heavy (non-hydrogen) atoms. The molecule has 1 atom stereocenters. The summed E-state index contributed by atoms with van der Waals surface area (Å²) < 4.78 is 5.35. The fraction of sp³-hybridized carbons (Fsp3) is 0.550. The van der Waals surface area contributed by atoms with Crippen molar-refractivity contribution in [2.45, 2.75) is 53.5 Å². The van der Waals surface area contributed by atoms with E-state index < -0.39 is 5.54 Å². The first kappa shape index (κ1) is 20.1. The number of aromatic nitrogens is 2. The zero-order valence-corrected chi connectivity index (χ0v) is 16.6. The van der Waals surface area contributed by atoms with Gasteiger partial charge in [0, 0.05) is 24.1 Å². The highest BCUT2D eigenvalue weighted by molar-refractivity contribution is 5.95. The molecule has 1 aromatic heterocycles. The molecule has 142 valence electrons. The van der Waals surface area contributed by atoms with Gasteiger partial charge in [-0.2, -0.15) is 4.98 Å². The Bertz CT molecular complexity index is 761. The number of nitrogens with one attached hydrogen (secondary N) is 1. The first-order valence-electron chi connectivity index (χ1n) is 9.00. The van der Waals surface area contributed by atoms with Gasteiger partial charge >= 0.3 is 0 Å². The molecule has 3 N–H and O–H groups in total. The van der Waals surface area contributed by atoms with Crippen molar-refractivity contribution in [3.8, 4) is 11.4 Å². The number of carbonyl (C=O) groups is 1. The largest absolute Gasteiger partial charge is 0.345 e. The third kappa shape index (κ3) is 4.91. The summed E-state index contributed by atoms with van der Waals surface area (Å²) in [4.78, 5) is 17.1. The summed E-state index contributed by atoms with van der Waals surface area (Å²) in [5, 5.41) is 7.10. The summed E-state index contributed by atoms with van der Waals surface area (Å²) in [5.74, 6) is 1.14. The molecule has 1 unspecified atom stereocenters. The highest BCUT2D eigenvalue weighted by atomic mass is 16.5. The van der Waals surface area contributed by atoms with E-state index in [4.69, 9.17) is 10.3 Å². The van der Waals surface area contributed by atoms with Crippen LogP contribution in [-0.4, -0.2) is 28.1 Å². The molecule has 0 radical (unpaired) electrons. The Hall–Kier alpha value is -2.21. The first-order valence-corrected chi connectivity index (χ1v) is 9.00. The average Bonchev–Trinajstić information content (AvgIpc) is 3.01. The molecule has 0 aliphatic rings. The van der Waals surface area contributed by atoms with Gasteiger partial charge in [-0.25, -0.2) is 0 Å². The van der Waals surface area contributed by atoms with Gasteiger partial charge in [-0.05, 0) is 30.4 Å². The highest BCUT2D eigenvalue weighted by Crippen LogP contribution is 2.23. The number of nitrogens with zero attached hydrogens (tertiary/aromatic N) is 2. The van der Waals surface area contributed by atoms with E-state index in [-0.39, 0.29) is 17.2 Å². The Morgan fingerprint density at radius 2 is 1.96 bits per heavy atom. The van der Waals surface area contributed by atoms with Gasteiger partial charge in [0.05, 0.1) is 5.54 Å². The molecule has 0 aliphatic carbocycles. The number of benzene rings is 1. The first-order chi connectivity index (χ1) is 12.0. The summed E-state index contributed by atoms with van der Waals surface area (Å²) >= 11 is 0. The van der Waals surface area contributed by atoms with Crippen LogP contribution in [0.2, 0.25) is 0 Å². The van der Waals surface area contributed by atoms with Crippen molar-refractivity contribution in [2.24, 2.45) is 17.1 Å². The van der Waals surface area contributed by atoms with E-state index in [9.17, 15) is 4.79 Å². The SMILES string of the molecule is CC(C)C(C)(CN)NC(=O)c1cccc(-c2noc(CC(C)(C)C)n2)c1.